The van der Waals surface area contributed by atoms with E-state index in [1.807, 2.05) is 6.07 Å². The molecule has 0 aliphatic rings. The van der Waals surface area contributed by atoms with Crippen molar-refractivity contribution < 1.29 is 9.13 Å². The third kappa shape index (κ3) is 2.96. The van der Waals surface area contributed by atoms with Gasteiger partial charge in [0, 0.05) is 12.3 Å². The van der Waals surface area contributed by atoms with E-state index >= 15 is 0 Å². The molecule has 1 heterocycles. The molecule has 0 radical (unpaired) electrons. The summed E-state index contributed by atoms with van der Waals surface area (Å²) < 4.78 is 18.3. The molecule has 3 nitrogen and oxygen atoms in total. The van der Waals surface area contributed by atoms with E-state index in [1.54, 1.807) is 12.1 Å². The van der Waals surface area contributed by atoms with Crippen LogP contribution in [0.5, 0.6) is 5.75 Å². The molecule has 0 N–H and O–H groups in total. The Labute approximate surface area is 108 Å². The van der Waals surface area contributed by atoms with Gasteiger partial charge >= 0.3 is 0 Å². The van der Waals surface area contributed by atoms with Crippen molar-refractivity contribution in [2.75, 3.05) is 0 Å². The standard InChI is InChI=1S/C13H8ClFN2O/c14-12-4-2-10(15)5-13(12)18-8-11-3-1-9(6-16)7-17-11/h1-5,7H,8H2. The van der Waals surface area contributed by atoms with Crippen LogP contribution < -0.4 is 4.74 Å². The molecular weight excluding hydrogens is 255 g/mol. The van der Waals surface area contributed by atoms with Gasteiger partial charge in [0.1, 0.15) is 24.2 Å². The van der Waals surface area contributed by atoms with Gasteiger partial charge in [0.2, 0.25) is 0 Å². The van der Waals surface area contributed by atoms with Crippen molar-refractivity contribution in [3.8, 4) is 11.8 Å². The summed E-state index contributed by atoms with van der Waals surface area (Å²) in [6.45, 7) is 0.162. The minimum atomic E-state index is -0.415. The number of nitrogens with zero attached hydrogens (tertiary/aromatic N) is 2. The SMILES string of the molecule is N#Cc1ccc(COc2cc(F)ccc2Cl)nc1. The zero-order chi connectivity index (χ0) is 13.0. The Hall–Kier alpha value is -2.12. The molecule has 0 unspecified atom stereocenters. The first kappa shape index (κ1) is 12.3. The van der Waals surface area contributed by atoms with E-state index in [-0.39, 0.29) is 12.4 Å². The second-order valence-corrected chi connectivity index (χ2v) is 3.92. The second-order valence-electron chi connectivity index (χ2n) is 3.51. The zero-order valence-corrected chi connectivity index (χ0v) is 9.99. The van der Waals surface area contributed by atoms with Crippen molar-refractivity contribution in [1.82, 2.24) is 4.98 Å². The van der Waals surface area contributed by atoms with E-state index in [2.05, 4.69) is 4.98 Å². The molecule has 1 aromatic carbocycles. The Balaban J connectivity index is 2.07. The number of hydrogen-bond acceptors (Lipinski definition) is 3. The molecule has 5 heteroatoms. The summed E-state index contributed by atoms with van der Waals surface area (Å²) in [7, 11) is 0. The van der Waals surface area contributed by atoms with Gasteiger partial charge in [-0.15, -0.1) is 0 Å². The molecular formula is C13H8ClFN2O. The van der Waals surface area contributed by atoms with Gasteiger partial charge in [-0.2, -0.15) is 5.26 Å². The van der Waals surface area contributed by atoms with Crippen LogP contribution in [0.4, 0.5) is 4.39 Å². The lowest BCUT2D eigenvalue weighted by Crippen LogP contribution is -1.99. The van der Waals surface area contributed by atoms with Gasteiger partial charge in [-0.1, -0.05) is 11.6 Å². The maximum atomic E-state index is 13.0. The first-order chi connectivity index (χ1) is 8.69. The Kier molecular flexibility index (Phi) is 3.75. The van der Waals surface area contributed by atoms with Crippen LogP contribution in [0.3, 0.4) is 0 Å². The monoisotopic (exact) mass is 262 g/mol. The molecule has 0 spiro atoms. The van der Waals surface area contributed by atoms with Crippen LogP contribution >= 0.6 is 11.6 Å². The molecule has 0 saturated heterocycles. The molecule has 0 aliphatic heterocycles. The third-order valence-electron chi connectivity index (χ3n) is 2.22. The number of ether oxygens (including phenoxy) is 1. The van der Waals surface area contributed by atoms with Gasteiger partial charge in [-0.25, -0.2) is 4.39 Å². The van der Waals surface area contributed by atoms with Crippen molar-refractivity contribution in [2.45, 2.75) is 6.61 Å². The van der Waals surface area contributed by atoms with Crippen LogP contribution in [0.2, 0.25) is 5.02 Å². The Morgan fingerprint density at radius 2 is 2.17 bits per heavy atom. The molecule has 0 bridgehead atoms. The molecule has 0 amide bonds. The fraction of sp³-hybridized carbons (Fsp3) is 0.0769. The third-order valence-corrected chi connectivity index (χ3v) is 2.53. The van der Waals surface area contributed by atoms with Gasteiger partial charge in [0.15, 0.2) is 0 Å². The molecule has 2 rings (SSSR count). The van der Waals surface area contributed by atoms with Crippen LogP contribution in [0.25, 0.3) is 0 Å². The van der Waals surface area contributed by atoms with Crippen molar-refractivity contribution in [3.63, 3.8) is 0 Å². The van der Waals surface area contributed by atoms with Crippen molar-refractivity contribution in [1.29, 1.82) is 5.26 Å². The summed E-state index contributed by atoms with van der Waals surface area (Å²) in [5, 5.41) is 8.96. The quantitative estimate of drug-likeness (QED) is 0.852. The van der Waals surface area contributed by atoms with Gasteiger partial charge in [-0.05, 0) is 24.3 Å². The summed E-state index contributed by atoms with van der Waals surface area (Å²) in [5.41, 5.74) is 1.11. The summed E-state index contributed by atoms with van der Waals surface area (Å²) in [6, 6.07) is 9.18. The molecule has 90 valence electrons. The summed E-state index contributed by atoms with van der Waals surface area (Å²) >= 11 is 5.85. The van der Waals surface area contributed by atoms with Crippen LogP contribution in [-0.4, -0.2) is 4.98 Å². The van der Waals surface area contributed by atoms with Crippen molar-refractivity contribution in [3.05, 3.63) is 58.6 Å². The first-order valence-electron chi connectivity index (χ1n) is 5.12. The van der Waals surface area contributed by atoms with E-state index < -0.39 is 5.82 Å². The Morgan fingerprint density at radius 1 is 1.33 bits per heavy atom. The maximum Gasteiger partial charge on any atom is 0.141 e. The van der Waals surface area contributed by atoms with Crippen LogP contribution in [0.15, 0.2) is 36.5 Å². The highest BCUT2D eigenvalue weighted by molar-refractivity contribution is 6.32. The summed E-state index contributed by atoms with van der Waals surface area (Å²) in [6.07, 6.45) is 1.45. The number of aromatic nitrogens is 1. The summed E-state index contributed by atoms with van der Waals surface area (Å²) in [4.78, 5) is 4.03. The van der Waals surface area contributed by atoms with E-state index in [0.717, 1.165) is 0 Å². The van der Waals surface area contributed by atoms with E-state index in [4.69, 9.17) is 21.6 Å². The largest absolute Gasteiger partial charge is 0.486 e. The van der Waals surface area contributed by atoms with Gasteiger partial charge < -0.3 is 4.74 Å². The number of halogens is 2. The Bertz CT molecular complexity index is 593. The number of rotatable bonds is 3. The molecule has 0 atom stereocenters. The lowest BCUT2D eigenvalue weighted by Gasteiger charge is -2.07. The van der Waals surface area contributed by atoms with Crippen molar-refractivity contribution >= 4 is 11.6 Å². The van der Waals surface area contributed by atoms with Gasteiger partial charge in [-0.3, -0.25) is 4.98 Å². The molecule has 2 aromatic rings. The summed E-state index contributed by atoms with van der Waals surface area (Å²) in [5.74, 6) is -0.148. The normalized spacial score (nSPS) is 9.83. The van der Waals surface area contributed by atoms with E-state index in [9.17, 15) is 4.39 Å². The average molecular weight is 263 g/mol. The fourth-order valence-electron chi connectivity index (χ4n) is 1.32. The number of pyridine rings is 1. The highest BCUT2D eigenvalue weighted by atomic mass is 35.5. The van der Waals surface area contributed by atoms with Gasteiger partial charge in [0.05, 0.1) is 16.3 Å². The van der Waals surface area contributed by atoms with Crippen LogP contribution in [0.1, 0.15) is 11.3 Å². The van der Waals surface area contributed by atoms with E-state index in [0.29, 0.717) is 16.3 Å². The highest BCUT2D eigenvalue weighted by Crippen LogP contribution is 2.25. The molecule has 0 aliphatic carbocycles. The predicted molar refractivity (Wildman–Crippen MR) is 64.7 cm³/mol. The lowest BCUT2D eigenvalue weighted by molar-refractivity contribution is 0.300. The molecule has 0 saturated carbocycles. The highest BCUT2D eigenvalue weighted by Gasteiger charge is 2.04. The number of hydrogen-bond donors (Lipinski definition) is 0. The fourth-order valence-corrected chi connectivity index (χ4v) is 1.49. The van der Waals surface area contributed by atoms with Gasteiger partial charge in [0.25, 0.3) is 0 Å². The minimum Gasteiger partial charge on any atom is -0.486 e. The number of benzene rings is 1. The first-order valence-corrected chi connectivity index (χ1v) is 5.50. The van der Waals surface area contributed by atoms with E-state index in [1.165, 1.54) is 24.4 Å². The smallest absolute Gasteiger partial charge is 0.141 e. The number of nitriles is 1. The van der Waals surface area contributed by atoms with Crippen LogP contribution in [-0.2, 0) is 6.61 Å². The Morgan fingerprint density at radius 3 is 2.83 bits per heavy atom. The lowest BCUT2D eigenvalue weighted by atomic mass is 10.3. The maximum absolute atomic E-state index is 13.0. The second kappa shape index (κ2) is 5.48. The average Bonchev–Trinajstić information content (AvgIpc) is 2.40. The van der Waals surface area contributed by atoms with Crippen molar-refractivity contribution in [2.24, 2.45) is 0 Å². The predicted octanol–water partition coefficient (Wildman–Crippen LogP) is 3.32. The molecule has 1 aromatic heterocycles. The van der Waals surface area contributed by atoms with Crippen LogP contribution in [0, 0.1) is 17.1 Å². The topological polar surface area (TPSA) is 45.9 Å². The zero-order valence-electron chi connectivity index (χ0n) is 9.23. The molecule has 0 fully saturated rings. The minimum absolute atomic E-state index is 0.162. The molecule has 18 heavy (non-hydrogen) atoms.